The number of methoxy groups -OCH3 is 1. The molecule has 5 heteroatoms. The van der Waals surface area contributed by atoms with Crippen molar-refractivity contribution in [2.75, 3.05) is 26.8 Å². The minimum Gasteiger partial charge on any atom is -0.441 e. The van der Waals surface area contributed by atoms with Crippen LogP contribution in [0.1, 0.15) is 12.3 Å². The van der Waals surface area contributed by atoms with Gasteiger partial charge in [0.25, 0.3) is 0 Å². The molecule has 2 rings (SSSR count). The maximum Gasteiger partial charge on any atom is 0.194 e. The second kappa shape index (κ2) is 8.04. The molecule has 1 aromatic heterocycles. The smallest absolute Gasteiger partial charge is 0.194 e. The van der Waals surface area contributed by atoms with Crippen molar-refractivity contribution in [3.05, 3.63) is 41.4 Å². The Bertz CT molecular complexity index is 528. The molecule has 20 heavy (non-hydrogen) atoms. The molecule has 108 valence electrons. The summed E-state index contributed by atoms with van der Waals surface area (Å²) in [6.07, 6.45) is 3.52. The highest BCUT2D eigenvalue weighted by atomic mass is 35.5. The SMILES string of the molecule is COCCNCCCc1ncc(-c2ccccc2Cl)o1. The molecule has 0 fully saturated rings. The Kier molecular flexibility index (Phi) is 6.05. The standard InChI is InChI=1S/C15H19ClN2O2/c1-19-10-9-17-8-4-7-15-18-11-14(20-15)12-5-2-3-6-13(12)16/h2-3,5-6,11,17H,4,7-10H2,1H3. The zero-order chi connectivity index (χ0) is 14.2. The number of hydrogen-bond acceptors (Lipinski definition) is 4. The summed E-state index contributed by atoms with van der Waals surface area (Å²) in [5.41, 5.74) is 0.881. The van der Waals surface area contributed by atoms with Crippen LogP contribution in [0.2, 0.25) is 5.02 Å². The van der Waals surface area contributed by atoms with Crippen LogP contribution in [0.3, 0.4) is 0 Å². The van der Waals surface area contributed by atoms with Gasteiger partial charge in [-0.1, -0.05) is 23.7 Å². The van der Waals surface area contributed by atoms with Crippen molar-refractivity contribution in [1.82, 2.24) is 10.3 Å². The second-order valence-corrected chi connectivity index (χ2v) is 4.85. The largest absolute Gasteiger partial charge is 0.441 e. The van der Waals surface area contributed by atoms with Gasteiger partial charge < -0.3 is 14.5 Å². The number of oxazole rings is 1. The van der Waals surface area contributed by atoms with Gasteiger partial charge in [0.05, 0.1) is 17.8 Å². The Morgan fingerprint density at radius 1 is 1.30 bits per heavy atom. The molecule has 0 spiro atoms. The minimum atomic E-state index is 0.677. The number of hydrogen-bond donors (Lipinski definition) is 1. The summed E-state index contributed by atoms with van der Waals surface area (Å²) >= 11 is 6.13. The molecule has 0 aliphatic rings. The molecule has 0 atom stereocenters. The Morgan fingerprint density at radius 2 is 2.15 bits per heavy atom. The van der Waals surface area contributed by atoms with Gasteiger partial charge in [-0.25, -0.2) is 4.98 Å². The quantitative estimate of drug-likeness (QED) is 0.760. The molecule has 0 aliphatic heterocycles. The lowest BCUT2D eigenvalue weighted by molar-refractivity contribution is 0.199. The fourth-order valence-electron chi connectivity index (χ4n) is 1.88. The van der Waals surface area contributed by atoms with Crippen molar-refractivity contribution >= 4 is 11.6 Å². The first kappa shape index (κ1) is 15.0. The zero-order valence-electron chi connectivity index (χ0n) is 11.6. The van der Waals surface area contributed by atoms with Crippen molar-refractivity contribution in [2.24, 2.45) is 0 Å². The lowest BCUT2D eigenvalue weighted by Crippen LogP contribution is -2.20. The predicted molar refractivity (Wildman–Crippen MR) is 80.0 cm³/mol. The number of aryl methyl sites for hydroxylation is 1. The van der Waals surface area contributed by atoms with Gasteiger partial charge in [-0.3, -0.25) is 0 Å². The van der Waals surface area contributed by atoms with Crippen LogP contribution in [-0.4, -0.2) is 31.8 Å². The normalized spacial score (nSPS) is 10.9. The number of ether oxygens (including phenoxy) is 1. The molecule has 0 radical (unpaired) electrons. The van der Waals surface area contributed by atoms with E-state index in [9.17, 15) is 0 Å². The molecular formula is C15H19ClN2O2. The Morgan fingerprint density at radius 3 is 2.95 bits per heavy atom. The summed E-state index contributed by atoms with van der Waals surface area (Å²) < 4.78 is 10.7. The van der Waals surface area contributed by atoms with E-state index >= 15 is 0 Å². The fourth-order valence-corrected chi connectivity index (χ4v) is 2.10. The van der Waals surface area contributed by atoms with Gasteiger partial charge in [0.2, 0.25) is 0 Å². The van der Waals surface area contributed by atoms with E-state index in [0.29, 0.717) is 5.02 Å². The van der Waals surface area contributed by atoms with E-state index in [1.807, 2.05) is 24.3 Å². The fraction of sp³-hybridized carbons (Fsp3) is 0.400. The summed E-state index contributed by atoms with van der Waals surface area (Å²) in [6, 6.07) is 7.61. The lowest BCUT2D eigenvalue weighted by Gasteiger charge is -2.02. The number of halogens is 1. The van der Waals surface area contributed by atoms with Gasteiger partial charge >= 0.3 is 0 Å². The molecule has 0 unspecified atom stereocenters. The molecule has 1 aromatic carbocycles. The third kappa shape index (κ3) is 4.34. The van der Waals surface area contributed by atoms with Crippen molar-refractivity contribution in [3.8, 4) is 11.3 Å². The average Bonchev–Trinajstić information content (AvgIpc) is 2.92. The minimum absolute atomic E-state index is 0.677. The van der Waals surface area contributed by atoms with Gasteiger partial charge in [-0.15, -0.1) is 0 Å². The van der Waals surface area contributed by atoms with Crippen LogP contribution in [-0.2, 0) is 11.2 Å². The van der Waals surface area contributed by atoms with Crippen molar-refractivity contribution < 1.29 is 9.15 Å². The first-order valence-electron chi connectivity index (χ1n) is 6.70. The monoisotopic (exact) mass is 294 g/mol. The number of aromatic nitrogens is 1. The highest BCUT2D eigenvalue weighted by molar-refractivity contribution is 6.33. The molecule has 0 saturated carbocycles. The summed E-state index contributed by atoms with van der Waals surface area (Å²) in [5, 5.41) is 3.97. The van der Waals surface area contributed by atoms with Crippen LogP contribution in [0.15, 0.2) is 34.9 Å². The van der Waals surface area contributed by atoms with E-state index in [1.54, 1.807) is 13.3 Å². The van der Waals surface area contributed by atoms with Gasteiger partial charge in [-0.05, 0) is 25.1 Å². The Hall–Kier alpha value is -1.36. The highest BCUT2D eigenvalue weighted by Gasteiger charge is 2.08. The Labute approximate surface area is 124 Å². The topological polar surface area (TPSA) is 47.3 Å². The number of rotatable bonds is 8. The van der Waals surface area contributed by atoms with E-state index in [2.05, 4.69) is 10.3 Å². The molecule has 0 bridgehead atoms. The van der Waals surface area contributed by atoms with E-state index in [-0.39, 0.29) is 0 Å². The van der Waals surface area contributed by atoms with E-state index in [0.717, 1.165) is 49.8 Å². The van der Waals surface area contributed by atoms with Crippen LogP contribution in [0.25, 0.3) is 11.3 Å². The average molecular weight is 295 g/mol. The third-order valence-electron chi connectivity index (χ3n) is 2.92. The van der Waals surface area contributed by atoms with Crippen LogP contribution < -0.4 is 5.32 Å². The maximum atomic E-state index is 6.13. The summed E-state index contributed by atoms with van der Waals surface area (Å²) in [7, 11) is 1.70. The van der Waals surface area contributed by atoms with E-state index < -0.39 is 0 Å². The number of nitrogens with one attached hydrogen (secondary N) is 1. The van der Waals surface area contributed by atoms with Crippen LogP contribution in [0.4, 0.5) is 0 Å². The van der Waals surface area contributed by atoms with Crippen molar-refractivity contribution in [2.45, 2.75) is 12.8 Å². The first-order valence-corrected chi connectivity index (χ1v) is 7.08. The van der Waals surface area contributed by atoms with Crippen molar-refractivity contribution in [1.29, 1.82) is 0 Å². The van der Waals surface area contributed by atoms with E-state index in [1.165, 1.54) is 0 Å². The first-order chi connectivity index (χ1) is 9.81. The second-order valence-electron chi connectivity index (χ2n) is 4.44. The van der Waals surface area contributed by atoms with E-state index in [4.69, 9.17) is 20.8 Å². The summed E-state index contributed by atoms with van der Waals surface area (Å²) in [5.74, 6) is 1.46. The van der Waals surface area contributed by atoms with Gasteiger partial charge in [0.1, 0.15) is 0 Å². The zero-order valence-corrected chi connectivity index (χ0v) is 12.3. The molecule has 0 aliphatic carbocycles. The molecule has 0 amide bonds. The molecule has 2 aromatic rings. The predicted octanol–water partition coefficient (Wildman–Crippen LogP) is 3.16. The molecule has 4 nitrogen and oxygen atoms in total. The third-order valence-corrected chi connectivity index (χ3v) is 3.25. The number of nitrogens with zero attached hydrogens (tertiary/aromatic N) is 1. The van der Waals surface area contributed by atoms with Crippen LogP contribution in [0, 0.1) is 0 Å². The van der Waals surface area contributed by atoms with Gasteiger partial charge in [0.15, 0.2) is 11.7 Å². The maximum absolute atomic E-state index is 6.13. The molecule has 1 N–H and O–H groups in total. The van der Waals surface area contributed by atoms with Gasteiger partial charge in [0, 0.05) is 25.6 Å². The molecule has 1 heterocycles. The van der Waals surface area contributed by atoms with Crippen LogP contribution in [0.5, 0.6) is 0 Å². The van der Waals surface area contributed by atoms with Crippen LogP contribution >= 0.6 is 11.6 Å². The number of benzene rings is 1. The summed E-state index contributed by atoms with van der Waals surface area (Å²) in [4.78, 5) is 4.29. The van der Waals surface area contributed by atoms with Crippen molar-refractivity contribution in [3.63, 3.8) is 0 Å². The Balaban J connectivity index is 1.82. The highest BCUT2D eigenvalue weighted by Crippen LogP contribution is 2.28. The molecular weight excluding hydrogens is 276 g/mol. The molecule has 0 saturated heterocycles. The summed E-state index contributed by atoms with van der Waals surface area (Å²) in [6.45, 7) is 2.52. The van der Waals surface area contributed by atoms with Gasteiger partial charge in [-0.2, -0.15) is 0 Å². The lowest BCUT2D eigenvalue weighted by atomic mass is 10.2.